The SMILES string of the molecule is O=C(O)N[C@@H]1COC[C@H]1Oc1ccc2ncc(F)c(CCC34CCC(NCc5ccc6c(n5)NC(=O)CO6)(CC3)CO4)c2n1. The van der Waals surface area contributed by atoms with Crippen LogP contribution < -0.4 is 25.4 Å². The minimum absolute atomic E-state index is 0.00476. The standard InChI is InChI=1S/C30H33FN6O7/c31-19-12-32-20-2-4-25(44-23-14-41-13-21(23)35-28(39)40)37-26(20)18(19)5-6-30-9-7-29(8-10-30,16-43-30)33-11-17-1-3-22-27(34-17)36-24(38)15-42-22/h1-4,12,21,23,33,35H,5-11,13-16H2,(H,39,40)(H,34,36,38)/t21-,23-,29?,30?/m1/s1. The highest BCUT2D eigenvalue weighted by Gasteiger charge is 2.49. The molecular weight excluding hydrogens is 575 g/mol. The number of aromatic nitrogens is 3. The summed E-state index contributed by atoms with van der Waals surface area (Å²) >= 11 is 0. The molecule has 232 valence electrons. The average molecular weight is 609 g/mol. The number of halogens is 1. The summed E-state index contributed by atoms with van der Waals surface area (Å²) in [4.78, 5) is 36.1. The Morgan fingerprint density at radius 2 is 2.02 bits per heavy atom. The molecule has 4 N–H and O–H groups in total. The molecule has 0 unspecified atom stereocenters. The Bertz CT molecular complexity index is 1580. The number of hydrogen-bond donors (Lipinski definition) is 4. The lowest BCUT2D eigenvalue weighted by atomic mass is 9.69. The van der Waals surface area contributed by atoms with E-state index in [1.807, 2.05) is 12.1 Å². The number of fused-ring (bicyclic) bond motifs is 5. The normalized spacial score (nSPS) is 27.4. The molecule has 1 aliphatic carbocycles. The molecule has 3 aromatic heterocycles. The first kappa shape index (κ1) is 28.6. The number of carboxylic acid groups (broad SMARTS) is 1. The molecule has 14 heteroatoms. The van der Waals surface area contributed by atoms with Crippen LogP contribution in [0.2, 0.25) is 0 Å². The van der Waals surface area contributed by atoms with E-state index in [1.54, 1.807) is 12.1 Å². The van der Waals surface area contributed by atoms with E-state index < -0.39 is 24.1 Å². The van der Waals surface area contributed by atoms with E-state index in [1.165, 1.54) is 6.20 Å². The summed E-state index contributed by atoms with van der Waals surface area (Å²) in [6, 6.07) is 6.55. The van der Waals surface area contributed by atoms with Gasteiger partial charge < -0.3 is 40.0 Å². The fraction of sp³-hybridized carbons (Fsp3) is 0.500. The van der Waals surface area contributed by atoms with Gasteiger partial charge in [-0.05, 0) is 56.7 Å². The van der Waals surface area contributed by atoms with E-state index in [9.17, 15) is 9.59 Å². The highest BCUT2D eigenvalue weighted by atomic mass is 19.1. The first-order chi connectivity index (χ1) is 21.3. The summed E-state index contributed by atoms with van der Waals surface area (Å²) in [7, 11) is 0. The van der Waals surface area contributed by atoms with Crippen LogP contribution in [-0.2, 0) is 27.2 Å². The summed E-state index contributed by atoms with van der Waals surface area (Å²) in [5.74, 6) is 0.608. The van der Waals surface area contributed by atoms with E-state index in [-0.39, 0.29) is 42.7 Å². The number of aryl methyl sites for hydroxylation is 1. The van der Waals surface area contributed by atoms with Crippen molar-refractivity contribution in [2.45, 2.75) is 68.4 Å². The maximum Gasteiger partial charge on any atom is 0.405 e. The van der Waals surface area contributed by atoms with Crippen molar-refractivity contribution >= 4 is 28.9 Å². The van der Waals surface area contributed by atoms with Crippen molar-refractivity contribution < 1.29 is 38.0 Å². The zero-order valence-electron chi connectivity index (χ0n) is 23.9. The average Bonchev–Trinajstić information content (AvgIpc) is 3.45. The number of nitrogens with zero attached hydrogens (tertiary/aromatic N) is 3. The van der Waals surface area contributed by atoms with Gasteiger partial charge in [-0.15, -0.1) is 0 Å². The fourth-order valence-corrected chi connectivity index (χ4v) is 6.53. The van der Waals surface area contributed by atoms with Crippen molar-refractivity contribution in [3.63, 3.8) is 0 Å². The molecule has 0 spiro atoms. The van der Waals surface area contributed by atoms with Gasteiger partial charge in [-0.3, -0.25) is 9.78 Å². The van der Waals surface area contributed by atoms with Gasteiger partial charge in [0.05, 0.1) is 54.4 Å². The quantitative estimate of drug-likeness (QED) is 0.282. The maximum atomic E-state index is 15.2. The van der Waals surface area contributed by atoms with Crippen LogP contribution in [0.15, 0.2) is 30.5 Å². The molecule has 0 radical (unpaired) electrons. The first-order valence-corrected chi connectivity index (χ1v) is 14.8. The Morgan fingerprint density at radius 3 is 2.82 bits per heavy atom. The number of amides is 2. The van der Waals surface area contributed by atoms with Gasteiger partial charge in [-0.25, -0.2) is 19.2 Å². The third kappa shape index (κ3) is 5.72. The lowest BCUT2D eigenvalue weighted by Crippen LogP contribution is -2.61. The van der Waals surface area contributed by atoms with Crippen molar-refractivity contribution in [1.29, 1.82) is 0 Å². The number of carbonyl (C=O) groups excluding carboxylic acids is 1. The summed E-state index contributed by atoms with van der Waals surface area (Å²) in [5.41, 5.74) is 1.71. The molecule has 3 aromatic rings. The Kier molecular flexibility index (Phi) is 7.42. The summed E-state index contributed by atoms with van der Waals surface area (Å²) in [6.45, 7) is 1.48. The molecule has 1 saturated carbocycles. The Labute approximate surface area is 251 Å². The molecule has 2 atom stereocenters. The van der Waals surface area contributed by atoms with E-state index in [2.05, 4.69) is 30.9 Å². The number of carbonyl (C=O) groups is 2. The summed E-state index contributed by atoms with van der Waals surface area (Å²) < 4.78 is 38.4. The number of nitrogens with one attached hydrogen (secondary N) is 3. The predicted molar refractivity (Wildman–Crippen MR) is 153 cm³/mol. The molecule has 4 fully saturated rings. The number of ether oxygens (including phenoxy) is 4. The minimum Gasteiger partial charge on any atom is -0.480 e. The van der Waals surface area contributed by atoms with Gasteiger partial charge in [-0.2, -0.15) is 0 Å². The highest BCUT2D eigenvalue weighted by Crippen LogP contribution is 2.46. The van der Waals surface area contributed by atoms with Crippen LogP contribution in [0.25, 0.3) is 11.0 Å². The van der Waals surface area contributed by atoms with Crippen LogP contribution in [0.1, 0.15) is 43.4 Å². The lowest BCUT2D eigenvalue weighted by Gasteiger charge is -2.53. The molecule has 4 aliphatic heterocycles. The van der Waals surface area contributed by atoms with Crippen LogP contribution in [0, 0.1) is 5.82 Å². The molecular formula is C30H33FN6O7. The topological polar surface area (TPSA) is 166 Å². The van der Waals surface area contributed by atoms with Gasteiger partial charge in [0, 0.05) is 23.7 Å². The largest absolute Gasteiger partial charge is 0.480 e. The molecule has 3 saturated heterocycles. The molecule has 2 bridgehead atoms. The zero-order chi connectivity index (χ0) is 30.3. The van der Waals surface area contributed by atoms with Crippen LogP contribution >= 0.6 is 0 Å². The highest BCUT2D eigenvalue weighted by molar-refractivity contribution is 5.94. The molecule has 0 aromatic carbocycles. The third-order valence-corrected chi connectivity index (χ3v) is 9.13. The molecule has 2 amide bonds. The van der Waals surface area contributed by atoms with Crippen LogP contribution in [-0.4, -0.2) is 81.8 Å². The smallest absolute Gasteiger partial charge is 0.405 e. The Hall–Kier alpha value is -4.14. The first-order valence-electron chi connectivity index (χ1n) is 14.8. The Morgan fingerprint density at radius 1 is 1.16 bits per heavy atom. The van der Waals surface area contributed by atoms with Crippen LogP contribution in [0.4, 0.5) is 15.0 Å². The van der Waals surface area contributed by atoms with E-state index in [0.29, 0.717) is 54.2 Å². The molecule has 8 rings (SSSR count). The second kappa shape index (κ2) is 11.4. The van der Waals surface area contributed by atoms with Crippen molar-refractivity contribution in [3.05, 3.63) is 47.5 Å². The van der Waals surface area contributed by atoms with Crippen molar-refractivity contribution in [3.8, 4) is 11.6 Å². The number of hydrogen-bond acceptors (Lipinski definition) is 10. The second-order valence-corrected chi connectivity index (χ2v) is 11.9. The van der Waals surface area contributed by atoms with Gasteiger partial charge >= 0.3 is 6.09 Å². The Balaban J connectivity index is 0.992. The number of anilines is 1. The van der Waals surface area contributed by atoms with Crippen LogP contribution in [0.3, 0.4) is 0 Å². The number of rotatable bonds is 9. The van der Waals surface area contributed by atoms with Crippen molar-refractivity contribution in [2.75, 3.05) is 31.7 Å². The van der Waals surface area contributed by atoms with Crippen LogP contribution in [0.5, 0.6) is 11.6 Å². The summed E-state index contributed by atoms with van der Waals surface area (Å²) in [6.07, 6.45) is 4.09. The maximum absolute atomic E-state index is 15.2. The van der Waals surface area contributed by atoms with E-state index in [4.69, 9.17) is 24.1 Å². The molecule has 44 heavy (non-hydrogen) atoms. The number of pyridine rings is 3. The molecule has 13 nitrogen and oxygen atoms in total. The molecule has 7 heterocycles. The van der Waals surface area contributed by atoms with Gasteiger partial charge in [0.1, 0.15) is 11.9 Å². The monoisotopic (exact) mass is 608 g/mol. The van der Waals surface area contributed by atoms with Crippen molar-refractivity contribution in [2.24, 2.45) is 0 Å². The fourth-order valence-electron chi connectivity index (χ4n) is 6.53. The van der Waals surface area contributed by atoms with E-state index in [0.717, 1.165) is 31.4 Å². The van der Waals surface area contributed by atoms with Gasteiger partial charge in [0.2, 0.25) is 5.88 Å². The summed E-state index contributed by atoms with van der Waals surface area (Å²) in [5, 5.41) is 17.9. The lowest BCUT2D eigenvalue weighted by molar-refractivity contribution is -0.165. The van der Waals surface area contributed by atoms with E-state index >= 15 is 4.39 Å². The van der Waals surface area contributed by atoms with Gasteiger partial charge in [0.15, 0.2) is 18.2 Å². The van der Waals surface area contributed by atoms with Gasteiger partial charge in [-0.1, -0.05) is 0 Å². The second-order valence-electron chi connectivity index (χ2n) is 11.9. The van der Waals surface area contributed by atoms with Gasteiger partial charge in [0.25, 0.3) is 5.91 Å². The minimum atomic E-state index is -1.16. The predicted octanol–water partition coefficient (Wildman–Crippen LogP) is 2.71. The molecule has 5 aliphatic rings. The van der Waals surface area contributed by atoms with Crippen molar-refractivity contribution in [1.82, 2.24) is 25.6 Å². The third-order valence-electron chi connectivity index (χ3n) is 9.13. The zero-order valence-corrected chi connectivity index (χ0v) is 23.9.